The SMILES string of the molecule is COc1cc(/C=N\n2c(-c3ccccc3)n[nH]c2=S)ccc1OCc1ccccc1Cl. The number of nitrogens with one attached hydrogen (secondary N) is 1. The molecule has 1 aromatic heterocycles. The molecule has 0 aliphatic rings. The quantitative estimate of drug-likeness (QED) is 0.288. The number of hydrogen-bond acceptors (Lipinski definition) is 5. The molecule has 3 aromatic carbocycles. The van der Waals surface area contributed by atoms with Crippen LogP contribution in [0.15, 0.2) is 77.9 Å². The van der Waals surface area contributed by atoms with Crippen LogP contribution in [0.2, 0.25) is 5.02 Å². The van der Waals surface area contributed by atoms with E-state index in [1.807, 2.05) is 72.8 Å². The predicted octanol–water partition coefficient (Wildman–Crippen LogP) is 5.73. The highest BCUT2D eigenvalue weighted by molar-refractivity contribution is 7.71. The monoisotopic (exact) mass is 450 g/mol. The molecule has 0 aliphatic carbocycles. The van der Waals surface area contributed by atoms with E-state index in [1.165, 1.54) is 0 Å². The summed E-state index contributed by atoms with van der Waals surface area (Å²) in [5.41, 5.74) is 2.64. The Morgan fingerprint density at radius 1 is 1.06 bits per heavy atom. The fourth-order valence-corrected chi connectivity index (χ4v) is 3.32. The Balaban J connectivity index is 1.55. The molecule has 0 amide bonds. The fraction of sp³-hybridized carbons (Fsp3) is 0.0870. The van der Waals surface area contributed by atoms with E-state index in [0.29, 0.717) is 33.7 Å². The van der Waals surface area contributed by atoms with E-state index in [1.54, 1.807) is 18.0 Å². The minimum atomic E-state index is 0.341. The van der Waals surface area contributed by atoms with Gasteiger partial charge < -0.3 is 9.47 Å². The number of benzene rings is 3. The van der Waals surface area contributed by atoms with Gasteiger partial charge in [0.05, 0.1) is 13.3 Å². The zero-order chi connectivity index (χ0) is 21.6. The van der Waals surface area contributed by atoms with Crippen molar-refractivity contribution >= 4 is 30.0 Å². The Bertz CT molecular complexity index is 1270. The molecule has 156 valence electrons. The molecule has 1 heterocycles. The van der Waals surface area contributed by atoms with Crippen LogP contribution in [0.5, 0.6) is 11.5 Å². The highest BCUT2D eigenvalue weighted by atomic mass is 35.5. The van der Waals surface area contributed by atoms with Crippen LogP contribution in [0.4, 0.5) is 0 Å². The van der Waals surface area contributed by atoms with Crippen molar-refractivity contribution in [1.82, 2.24) is 14.9 Å². The second-order valence-electron chi connectivity index (χ2n) is 6.57. The van der Waals surface area contributed by atoms with Crippen LogP contribution >= 0.6 is 23.8 Å². The summed E-state index contributed by atoms with van der Waals surface area (Å²) in [5.74, 6) is 1.84. The van der Waals surface area contributed by atoms with Crippen LogP contribution in [-0.2, 0) is 6.61 Å². The third kappa shape index (κ3) is 4.84. The number of halogens is 1. The molecule has 0 saturated carbocycles. The van der Waals surface area contributed by atoms with Gasteiger partial charge in [-0.25, -0.2) is 5.10 Å². The van der Waals surface area contributed by atoms with Crippen molar-refractivity contribution in [1.29, 1.82) is 0 Å². The molecule has 31 heavy (non-hydrogen) atoms. The smallest absolute Gasteiger partial charge is 0.216 e. The van der Waals surface area contributed by atoms with Crippen LogP contribution in [0.3, 0.4) is 0 Å². The fourth-order valence-electron chi connectivity index (χ4n) is 2.95. The van der Waals surface area contributed by atoms with Crippen molar-refractivity contribution in [3.8, 4) is 22.9 Å². The van der Waals surface area contributed by atoms with Crippen molar-refractivity contribution in [2.75, 3.05) is 7.11 Å². The molecule has 6 nitrogen and oxygen atoms in total. The van der Waals surface area contributed by atoms with Gasteiger partial charge in [0.15, 0.2) is 17.3 Å². The van der Waals surface area contributed by atoms with Crippen molar-refractivity contribution in [2.24, 2.45) is 5.10 Å². The Hall–Kier alpha value is -3.42. The van der Waals surface area contributed by atoms with Gasteiger partial charge in [-0.3, -0.25) is 0 Å². The molecule has 4 rings (SSSR count). The maximum absolute atomic E-state index is 6.20. The third-order valence-corrected chi connectivity index (χ3v) is 5.17. The zero-order valence-corrected chi connectivity index (χ0v) is 18.2. The number of H-pyrrole nitrogens is 1. The maximum Gasteiger partial charge on any atom is 0.216 e. The van der Waals surface area contributed by atoms with Gasteiger partial charge in [-0.15, -0.1) is 0 Å². The lowest BCUT2D eigenvalue weighted by Crippen LogP contribution is -1.99. The zero-order valence-electron chi connectivity index (χ0n) is 16.7. The van der Waals surface area contributed by atoms with Gasteiger partial charge in [-0.1, -0.05) is 60.1 Å². The lowest BCUT2D eigenvalue weighted by atomic mass is 10.2. The number of hydrogen-bond donors (Lipinski definition) is 1. The minimum Gasteiger partial charge on any atom is -0.493 e. The van der Waals surface area contributed by atoms with Crippen LogP contribution in [0.1, 0.15) is 11.1 Å². The summed E-state index contributed by atoms with van der Waals surface area (Å²) in [6.07, 6.45) is 1.69. The second-order valence-corrected chi connectivity index (χ2v) is 7.36. The maximum atomic E-state index is 6.20. The average molecular weight is 451 g/mol. The van der Waals surface area contributed by atoms with Crippen LogP contribution in [0.25, 0.3) is 11.4 Å². The summed E-state index contributed by atoms with van der Waals surface area (Å²) in [4.78, 5) is 0. The largest absolute Gasteiger partial charge is 0.493 e. The molecule has 0 radical (unpaired) electrons. The lowest BCUT2D eigenvalue weighted by Gasteiger charge is -2.12. The summed E-state index contributed by atoms with van der Waals surface area (Å²) in [5, 5.41) is 12.2. The molecular formula is C23H19ClN4O2S. The summed E-state index contributed by atoms with van der Waals surface area (Å²) in [7, 11) is 1.60. The van der Waals surface area contributed by atoms with E-state index in [4.69, 9.17) is 33.3 Å². The number of ether oxygens (including phenoxy) is 2. The van der Waals surface area contributed by atoms with E-state index >= 15 is 0 Å². The van der Waals surface area contributed by atoms with Gasteiger partial charge in [-0.2, -0.15) is 14.9 Å². The Kier molecular flexibility index (Phi) is 6.45. The van der Waals surface area contributed by atoms with E-state index in [0.717, 1.165) is 16.7 Å². The Morgan fingerprint density at radius 2 is 1.84 bits per heavy atom. The van der Waals surface area contributed by atoms with Crippen molar-refractivity contribution in [3.05, 3.63) is 93.7 Å². The Labute approximate surface area is 189 Å². The molecule has 0 fully saturated rings. The van der Waals surface area contributed by atoms with Crippen LogP contribution in [-0.4, -0.2) is 28.2 Å². The van der Waals surface area contributed by atoms with Crippen molar-refractivity contribution in [2.45, 2.75) is 6.61 Å². The standard InChI is InChI=1S/C23H19ClN4O2S/c1-29-21-13-16(11-12-20(21)30-15-18-9-5-6-10-19(18)24)14-25-28-22(26-27-23(28)31)17-7-3-2-4-8-17/h2-14H,15H2,1H3,(H,27,31)/b25-14-. The summed E-state index contributed by atoms with van der Waals surface area (Å²) in [6.45, 7) is 0.341. The minimum absolute atomic E-state index is 0.341. The second kappa shape index (κ2) is 9.59. The molecule has 8 heteroatoms. The van der Waals surface area contributed by atoms with E-state index in [9.17, 15) is 0 Å². The van der Waals surface area contributed by atoms with Gasteiger partial charge in [0, 0.05) is 16.1 Å². The summed E-state index contributed by atoms with van der Waals surface area (Å²) >= 11 is 11.5. The van der Waals surface area contributed by atoms with Gasteiger partial charge in [-0.05, 0) is 42.0 Å². The van der Waals surface area contributed by atoms with Crippen molar-refractivity contribution in [3.63, 3.8) is 0 Å². The molecule has 1 N–H and O–H groups in total. The van der Waals surface area contributed by atoms with Gasteiger partial charge in [0.1, 0.15) is 6.61 Å². The number of methoxy groups -OCH3 is 1. The molecule has 0 spiro atoms. The van der Waals surface area contributed by atoms with Gasteiger partial charge >= 0.3 is 0 Å². The number of aromatic nitrogens is 3. The van der Waals surface area contributed by atoms with Crippen molar-refractivity contribution < 1.29 is 9.47 Å². The predicted molar refractivity (Wildman–Crippen MR) is 125 cm³/mol. The number of aromatic amines is 1. The van der Waals surface area contributed by atoms with Gasteiger partial charge in [0.25, 0.3) is 0 Å². The number of nitrogens with zero attached hydrogens (tertiary/aromatic N) is 3. The molecule has 0 aliphatic heterocycles. The van der Waals surface area contributed by atoms with E-state index in [-0.39, 0.29) is 0 Å². The normalized spacial score (nSPS) is 11.0. The molecular weight excluding hydrogens is 432 g/mol. The van der Waals surface area contributed by atoms with Crippen LogP contribution in [0, 0.1) is 4.77 Å². The molecule has 0 atom stereocenters. The molecule has 0 bridgehead atoms. The summed E-state index contributed by atoms with van der Waals surface area (Å²) < 4.78 is 13.4. The lowest BCUT2D eigenvalue weighted by molar-refractivity contribution is 0.284. The molecule has 0 saturated heterocycles. The number of rotatable bonds is 7. The van der Waals surface area contributed by atoms with Gasteiger partial charge in [0.2, 0.25) is 4.77 Å². The third-order valence-electron chi connectivity index (χ3n) is 4.53. The Morgan fingerprint density at radius 3 is 2.61 bits per heavy atom. The first-order valence-corrected chi connectivity index (χ1v) is 10.3. The first-order chi connectivity index (χ1) is 15.2. The molecule has 0 unspecified atom stereocenters. The first-order valence-electron chi connectivity index (χ1n) is 9.47. The highest BCUT2D eigenvalue weighted by Gasteiger charge is 2.09. The first kappa shape index (κ1) is 20.8. The summed E-state index contributed by atoms with van der Waals surface area (Å²) in [6, 6.07) is 22.9. The van der Waals surface area contributed by atoms with Crippen LogP contribution < -0.4 is 9.47 Å². The molecule has 4 aromatic rings. The average Bonchev–Trinajstić information content (AvgIpc) is 3.18. The topological polar surface area (TPSA) is 64.4 Å². The highest BCUT2D eigenvalue weighted by Crippen LogP contribution is 2.29. The van der Waals surface area contributed by atoms with E-state index < -0.39 is 0 Å². The van der Waals surface area contributed by atoms with E-state index in [2.05, 4.69) is 15.3 Å².